The number of rotatable bonds is 13. The lowest BCUT2D eigenvalue weighted by molar-refractivity contribution is 0.114. The molecule has 0 bridgehead atoms. The van der Waals surface area contributed by atoms with Gasteiger partial charge in [0.25, 0.3) is 0 Å². The highest BCUT2D eigenvalue weighted by atomic mass is 16.3. The van der Waals surface area contributed by atoms with E-state index < -0.39 is 0 Å². The summed E-state index contributed by atoms with van der Waals surface area (Å²) >= 11 is 0. The first-order valence-corrected chi connectivity index (χ1v) is 14.8. The van der Waals surface area contributed by atoms with Crippen molar-refractivity contribution in [2.45, 2.75) is 78.9 Å². The van der Waals surface area contributed by atoms with E-state index in [0.29, 0.717) is 17.9 Å². The van der Waals surface area contributed by atoms with Crippen LogP contribution in [-0.2, 0) is 6.54 Å². The lowest BCUT2D eigenvalue weighted by atomic mass is 10.0. The lowest BCUT2D eigenvalue weighted by Crippen LogP contribution is -2.56. The SMILES string of the molecule is C=CNCCC.CCCC(CCNCc1ccc(C)cc1C)N1CCN(c2ncc(NC)cc2O)CC1C.N#CN. The van der Waals surface area contributed by atoms with Gasteiger partial charge in [-0.1, -0.05) is 50.6 Å². The molecular formula is C32H54N8O. The minimum Gasteiger partial charge on any atom is -0.504 e. The number of pyridine rings is 1. The van der Waals surface area contributed by atoms with Gasteiger partial charge in [0, 0.05) is 57.9 Å². The summed E-state index contributed by atoms with van der Waals surface area (Å²) in [7, 11) is 1.83. The number of aryl methyl sites for hydroxylation is 2. The molecule has 1 aliphatic rings. The smallest absolute Gasteiger partial charge is 0.173 e. The number of nitrogens with one attached hydrogen (secondary N) is 3. The third-order valence-electron chi connectivity index (χ3n) is 7.21. The number of nitriles is 1. The maximum absolute atomic E-state index is 10.4. The van der Waals surface area contributed by atoms with Crippen molar-refractivity contribution in [1.82, 2.24) is 20.5 Å². The third kappa shape index (κ3) is 12.7. The molecule has 1 aliphatic heterocycles. The Morgan fingerprint density at radius 2 is 1.93 bits per heavy atom. The van der Waals surface area contributed by atoms with Gasteiger partial charge in [0.2, 0.25) is 0 Å². The zero-order valence-electron chi connectivity index (χ0n) is 26.2. The van der Waals surface area contributed by atoms with Crippen molar-refractivity contribution in [3.63, 3.8) is 0 Å². The molecule has 1 aromatic heterocycles. The fourth-order valence-electron chi connectivity index (χ4n) is 5.12. The van der Waals surface area contributed by atoms with Gasteiger partial charge in [-0.2, -0.15) is 5.26 Å². The van der Waals surface area contributed by atoms with Crippen molar-refractivity contribution in [3.05, 3.63) is 59.9 Å². The van der Waals surface area contributed by atoms with Gasteiger partial charge in [-0.05, 0) is 63.9 Å². The van der Waals surface area contributed by atoms with E-state index in [-0.39, 0.29) is 5.75 Å². The standard InChI is InChI=1S/C26H41N5O.C5H11N.CH2N2/c1-6-7-24(10-11-28-16-22-9-8-19(2)14-20(22)3)31-13-12-30(18-21(31)4)26-25(32)15-23(27-5)17-29-26;1-3-5-6-4-2;2-1-3/h8-9,14-15,17,21,24,27-28,32H,6-7,10-13,16,18H2,1-5H3;4,6H,2-3,5H2,1H3;2H2. The minimum atomic E-state index is 0.248. The quantitative estimate of drug-likeness (QED) is 0.131. The molecule has 2 aromatic rings. The molecule has 0 spiro atoms. The second kappa shape index (κ2) is 20.4. The number of aromatic hydroxyl groups is 1. The van der Waals surface area contributed by atoms with Crippen molar-refractivity contribution < 1.29 is 5.11 Å². The molecule has 6 N–H and O–H groups in total. The van der Waals surface area contributed by atoms with Crippen LogP contribution in [0, 0.1) is 25.3 Å². The largest absolute Gasteiger partial charge is 0.504 e. The van der Waals surface area contributed by atoms with Crippen LogP contribution >= 0.6 is 0 Å². The predicted octanol–water partition coefficient (Wildman–Crippen LogP) is 4.86. The fraction of sp³-hybridized carbons (Fsp3) is 0.562. The molecule has 9 heteroatoms. The Morgan fingerprint density at radius 1 is 1.20 bits per heavy atom. The van der Waals surface area contributed by atoms with Crippen LogP contribution in [0.2, 0.25) is 0 Å². The van der Waals surface area contributed by atoms with Crippen molar-refractivity contribution in [2.24, 2.45) is 5.73 Å². The van der Waals surface area contributed by atoms with Crippen LogP contribution in [0.15, 0.2) is 43.2 Å². The monoisotopic (exact) mass is 566 g/mol. The van der Waals surface area contributed by atoms with Gasteiger partial charge < -0.3 is 31.7 Å². The summed E-state index contributed by atoms with van der Waals surface area (Å²) in [5.74, 6) is 0.941. The number of benzene rings is 1. The van der Waals surface area contributed by atoms with Crippen LogP contribution in [0.5, 0.6) is 5.75 Å². The normalized spacial score (nSPS) is 15.3. The maximum Gasteiger partial charge on any atom is 0.173 e. The lowest BCUT2D eigenvalue weighted by Gasteiger charge is -2.44. The van der Waals surface area contributed by atoms with Gasteiger partial charge in [-0.25, -0.2) is 4.98 Å². The van der Waals surface area contributed by atoms with Gasteiger partial charge in [-0.3, -0.25) is 4.90 Å². The predicted molar refractivity (Wildman–Crippen MR) is 173 cm³/mol. The average Bonchev–Trinajstić information content (AvgIpc) is 2.95. The van der Waals surface area contributed by atoms with Gasteiger partial charge in [0.05, 0.1) is 11.9 Å². The van der Waals surface area contributed by atoms with Crippen LogP contribution in [0.25, 0.3) is 0 Å². The Labute approximate surface area is 248 Å². The van der Waals surface area contributed by atoms with Crippen molar-refractivity contribution in [2.75, 3.05) is 50.0 Å². The topological polar surface area (TPSA) is 125 Å². The molecule has 0 aliphatic carbocycles. The minimum absolute atomic E-state index is 0.248. The first kappa shape index (κ1) is 35.5. The summed E-state index contributed by atoms with van der Waals surface area (Å²) in [5, 5.41) is 27.2. The number of anilines is 2. The van der Waals surface area contributed by atoms with Crippen molar-refractivity contribution in [3.8, 4) is 11.9 Å². The molecule has 2 heterocycles. The number of hydrogen-bond donors (Lipinski definition) is 5. The highest BCUT2D eigenvalue weighted by Crippen LogP contribution is 2.30. The molecule has 1 fully saturated rings. The van der Waals surface area contributed by atoms with E-state index >= 15 is 0 Å². The second-order valence-corrected chi connectivity index (χ2v) is 10.5. The zero-order chi connectivity index (χ0) is 30.6. The molecule has 228 valence electrons. The number of nitrogens with two attached hydrogens (primary N) is 1. The fourth-order valence-corrected chi connectivity index (χ4v) is 5.12. The summed E-state index contributed by atoms with van der Waals surface area (Å²) in [5.41, 5.74) is 9.06. The highest BCUT2D eigenvalue weighted by molar-refractivity contribution is 5.58. The molecule has 2 atom stereocenters. The number of nitrogens with zero attached hydrogens (tertiary/aromatic N) is 4. The van der Waals surface area contributed by atoms with Crippen LogP contribution in [0.1, 0.15) is 63.1 Å². The average molecular weight is 567 g/mol. The van der Waals surface area contributed by atoms with Crippen LogP contribution in [-0.4, -0.2) is 66.8 Å². The Morgan fingerprint density at radius 3 is 2.46 bits per heavy atom. The van der Waals surface area contributed by atoms with E-state index in [2.05, 4.69) is 95.9 Å². The summed E-state index contributed by atoms with van der Waals surface area (Å²) in [6.07, 6.45) is 9.49. The molecular weight excluding hydrogens is 512 g/mol. The summed E-state index contributed by atoms with van der Waals surface area (Å²) in [6, 6.07) is 9.46. The second-order valence-electron chi connectivity index (χ2n) is 10.5. The van der Waals surface area contributed by atoms with E-state index in [9.17, 15) is 5.11 Å². The van der Waals surface area contributed by atoms with Gasteiger partial charge in [0.15, 0.2) is 17.8 Å². The third-order valence-corrected chi connectivity index (χ3v) is 7.21. The van der Waals surface area contributed by atoms with E-state index in [1.54, 1.807) is 18.5 Å². The Balaban J connectivity index is 0.000000815. The van der Waals surface area contributed by atoms with Crippen molar-refractivity contribution >= 4 is 11.5 Å². The Hall–Kier alpha value is -3.48. The molecule has 1 aromatic carbocycles. The molecule has 9 nitrogen and oxygen atoms in total. The van der Waals surface area contributed by atoms with Crippen LogP contribution < -0.4 is 26.6 Å². The number of hydrogen-bond acceptors (Lipinski definition) is 9. The molecule has 0 amide bonds. The molecule has 0 radical (unpaired) electrons. The van der Waals surface area contributed by atoms with E-state index in [4.69, 9.17) is 5.26 Å². The molecule has 1 saturated heterocycles. The van der Waals surface area contributed by atoms with Crippen LogP contribution in [0.3, 0.4) is 0 Å². The number of piperazine rings is 1. The molecule has 2 unspecified atom stereocenters. The molecule has 0 saturated carbocycles. The van der Waals surface area contributed by atoms with E-state index in [1.165, 1.54) is 42.1 Å². The first-order chi connectivity index (χ1) is 19.8. The van der Waals surface area contributed by atoms with Gasteiger partial charge in [-0.15, -0.1) is 0 Å². The van der Waals surface area contributed by atoms with Crippen LogP contribution in [0.4, 0.5) is 11.5 Å². The summed E-state index contributed by atoms with van der Waals surface area (Å²) < 4.78 is 0. The zero-order valence-corrected chi connectivity index (χ0v) is 26.2. The first-order valence-electron chi connectivity index (χ1n) is 14.8. The van der Waals surface area contributed by atoms with Gasteiger partial charge in [0.1, 0.15) is 0 Å². The summed E-state index contributed by atoms with van der Waals surface area (Å²) in [6.45, 7) is 20.3. The van der Waals surface area contributed by atoms with Crippen molar-refractivity contribution in [1.29, 1.82) is 5.26 Å². The number of aromatic nitrogens is 1. The summed E-state index contributed by atoms with van der Waals surface area (Å²) in [4.78, 5) is 9.38. The Kier molecular flexibility index (Phi) is 17.7. The van der Waals surface area contributed by atoms with Gasteiger partial charge >= 0.3 is 0 Å². The Bertz CT molecular complexity index is 1050. The molecule has 41 heavy (non-hydrogen) atoms. The molecule has 3 rings (SSSR count). The highest BCUT2D eigenvalue weighted by Gasteiger charge is 2.30. The maximum atomic E-state index is 10.4. The van der Waals surface area contributed by atoms with E-state index in [0.717, 1.165) is 51.4 Å². The van der Waals surface area contributed by atoms with E-state index in [1.807, 2.05) is 7.05 Å².